The topological polar surface area (TPSA) is 47.9 Å². The zero-order valence-corrected chi connectivity index (χ0v) is 15.8. The minimum atomic E-state index is 0.243. The molecule has 2 heterocycles. The van der Waals surface area contributed by atoms with Gasteiger partial charge in [-0.3, -0.25) is 9.79 Å². The molecule has 1 amide bonds. The van der Waals surface area contributed by atoms with Gasteiger partial charge in [0.25, 0.3) is 0 Å². The summed E-state index contributed by atoms with van der Waals surface area (Å²) < 4.78 is 0. The van der Waals surface area contributed by atoms with Crippen LogP contribution in [0, 0.1) is 0 Å². The second kappa shape index (κ2) is 9.41. The number of hydrogen-bond acceptors (Lipinski definition) is 2. The Morgan fingerprint density at radius 1 is 1.12 bits per heavy atom. The van der Waals surface area contributed by atoms with Crippen LogP contribution < -0.4 is 5.32 Å². The second-order valence-corrected chi connectivity index (χ2v) is 6.86. The van der Waals surface area contributed by atoms with Gasteiger partial charge in [-0.1, -0.05) is 36.4 Å². The summed E-state index contributed by atoms with van der Waals surface area (Å²) in [4.78, 5) is 21.1. The van der Waals surface area contributed by atoms with E-state index in [1.807, 2.05) is 4.90 Å². The SMILES string of the molecule is CCNC(=NCCC(=O)N1CCCC1)N1CC=C(c2ccccc2)CC1. The lowest BCUT2D eigenvalue weighted by atomic mass is 10.00. The molecule has 2 aliphatic heterocycles. The number of guanidine groups is 1. The van der Waals surface area contributed by atoms with E-state index < -0.39 is 0 Å². The molecule has 0 unspecified atom stereocenters. The summed E-state index contributed by atoms with van der Waals surface area (Å²) in [6, 6.07) is 10.6. The zero-order valence-electron chi connectivity index (χ0n) is 15.8. The molecule has 5 nitrogen and oxygen atoms in total. The van der Waals surface area contributed by atoms with Gasteiger partial charge in [0.05, 0.1) is 6.54 Å². The van der Waals surface area contributed by atoms with Crippen LogP contribution in [0.25, 0.3) is 5.57 Å². The molecule has 0 aromatic heterocycles. The van der Waals surface area contributed by atoms with E-state index in [0.29, 0.717) is 13.0 Å². The van der Waals surface area contributed by atoms with Crippen LogP contribution in [0.15, 0.2) is 41.4 Å². The lowest BCUT2D eigenvalue weighted by molar-refractivity contribution is -0.129. The first-order valence-corrected chi connectivity index (χ1v) is 9.83. The quantitative estimate of drug-likeness (QED) is 0.653. The Morgan fingerprint density at radius 3 is 2.54 bits per heavy atom. The summed E-state index contributed by atoms with van der Waals surface area (Å²) in [6.07, 6.45) is 6.10. The first kappa shape index (κ1) is 18.5. The smallest absolute Gasteiger partial charge is 0.224 e. The molecule has 140 valence electrons. The van der Waals surface area contributed by atoms with Crippen LogP contribution in [0.1, 0.15) is 38.2 Å². The van der Waals surface area contributed by atoms with Gasteiger partial charge in [-0.05, 0) is 37.3 Å². The van der Waals surface area contributed by atoms with Crippen molar-refractivity contribution in [3.8, 4) is 0 Å². The number of amides is 1. The molecule has 0 aliphatic carbocycles. The fraction of sp³-hybridized carbons (Fsp3) is 0.524. The van der Waals surface area contributed by atoms with Crippen molar-refractivity contribution in [2.75, 3.05) is 39.3 Å². The first-order chi connectivity index (χ1) is 12.8. The largest absolute Gasteiger partial charge is 0.357 e. The number of nitrogens with zero attached hydrogens (tertiary/aromatic N) is 3. The van der Waals surface area contributed by atoms with E-state index in [4.69, 9.17) is 4.99 Å². The van der Waals surface area contributed by atoms with Crippen LogP contribution in [-0.4, -0.2) is 60.9 Å². The van der Waals surface area contributed by atoms with Crippen LogP contribution in [-0.2, 0) is 4.79 Å². The van der Waals surface area contributed by atoms with Gasteiger partial charge >= 0.3 is 0 Å². The molecule has 1 N–H and O–H groups in total. The van der Waals surface area contributed by atoms with Gasteiger partial charge in [0.15, 0.2) is 5.96 Å². The van der Waals surface area contributed by atoms with E-state index in [0.717, 1.165) is 57.9 Å². The molecule has 2 aliphatic rings. The van der Waals surface area contributed by atoms with Crippen molar-refractivity contribution >= 4 is 17.4 Å². The standard InChI is InChI=1S/C21H30N4O/c1-2-22-21(23-13-10-20(26)24-14-6-7-15-24)25-16-11-19(12-17-25)18-8-4-3-5-9-18/h3-5,8-9,11H,2,6-7,10,12-17H2,1H3,(H,22,23). The van der Waals surface area contributed by atoms with Crippen molar-refractivity contribution < 1.29 is 4.79 Å². The normalized spacial score (nSPS) is 18.0. The highest BCUT2D eigenvalue weighted by atomic mass is 16.2. The summed E-state index contributed by atoms with van der Waals surface area (Å²) >= 11 is 0. The zero-order chi connectivity index (χ0) is 18.2. The summed E-state index contributed by atoms with van der Waals surface area (Å²) in [6.45, 7) is 7.13. The highest BCUT2D eigenvalue weighted by Gasteiger charge is 2.18. The maximum atomic E-state index is 12.2. The monoisotopic (exact) mass is 354 g/mol. The maximum Gasteiger partial charge on any atom is 0.224 e. The third kappa shape index (κ3) is 4.87. The molecule has 1 saturated heterocycles. The van der Waals surface area contributed by atoms with Gasteiger partial charge in [-0.25, -0.2) is 0 Å². The van der Waals surface area contributed by atoms with E-state index in [1.165, 1.54) is 11.1 Å². The number of carbonyl (C=O) groups is 1. The highest BCUT2D eigenvalue weighted by Crippen LogP contribution is 2.22. The minimum absolute atomic E-state index is 0.243. The van der Waals surface area contributed by atoms with E-state index in [-0.39, 0.29) is 5.91 Å². The van der Waals surface area contributed by atoms with Crippen LogP contribution in [0.4, 0.5) is 0 Å². The molecule has 3 rings (SSSR count). The maximum absolute atomic E-state index is 12.2. The van der Waals surface area contributed by atoms with Crippen LogP contribution in [0.3, 0.4) is 0 Å². The van der Waals surface area contributed by atoms with Gasteiger partial charge in [-0.15, -0.1) is 0 Å². The molecular formula is C21H30N4O. The van der Waals surface area contributed by atoms with Crippen LogP contribution in [0.5, 0.6) is 0 Å². The van der Waals surface area contributed by atoms with Crippen molar-refractivity contribution in [1.82, 2.24) is 15.1 Å². The van der Waals surface area contributed by atoms with E-state index in [1.54, 1.807) is 0 Å². The molecule has 0 saturated carbocycles. The summed E-state index contributed by atoms with van der Waals surface area (Å²) in [5.74, 6) is 1.16. The fourth-order valence-electron chi connectivity index (χ4n) is 3.58. The van der Waals surface area contributed by atoms with E-state index in [9.17, 15) is 4.79 Å². The van der Waals surface area contributed by atoms with Crippen LogP contribution in [0.2, 0.25) is 0 Å². The minimum Gasteiger partial charge on any atom is -0.357 e. The lowest BCUT2D eigenvalue weighted by Crippen LogP contribution is -2.43. The summed E-state index contributed by atoms with van der Waals surface area (Å²) in [5, 5.41) is 3.37. The number of nitrogens with one attached hydrogen (secondary N) is 1. The Morgan fingerprint density at radius 2 is 1.88 bits per heavy atom. The predicted octanol–water partition coefficient (Wildman–Crippen LogP) is 2.75. The number of rotatable bonds is 5. The molecular weight excluding hydrogens is 324 g/mol. The van der Waals surface area contributed by atoms with Crippen molar-refractivity contribution in [2.24, 2.45) is 4.99 Å². The molecule has 5 heteroatoms. The number of aliphatic imine (C=N–C) groups is 1. The molecule has 0 radical (unpaired) electrons. The Kier molecular flexibility index (Phi) is 6.69. The predicted molar refractivity (Wildman–Crippen MR) is 107 cm³/mol. The van der Waals surface area contributed by atoms with Gasteiger partial charge < -0.3 is 15.1 Å². The third-order valence-corrected chi connectivity index (χ3v) is 5.03. The number of carbonyl (C=O) groups excluding carboxylic acids is 1. The van der Waals surface area contributed by atoms with Crippen molar-refractivity contribution in [3.63, 3.8) is 0 Å². The van der Waals surface area contributed by atoms with E-state index >= 15 is 0 Å². The molecule has 1 fully saturated rings. The Balaban J connectivity index is 1.56. The van der Waals surface area contributed by atoms with Crippen molar-refractivity contribution in [3.05, 3.63) is 42.0 Å². The molecule has 26 heavy (non-hydrogen) atoms. The molecule has 1 aromatic rings. The summed E-state index contributed by atoms with van der Waals surface area (Å²) in [5.41, 5.74) is 2.72. The van der Waals surface area contributed by atoms with Crippen molar-refractivity contribution in [2.45, 2.75) is 32.6 Å². The molecule has 0 bridgehead atoms. The Bertz CT molecular complexity index is 647. The average Bonchev–Trinajstić information content (AvgIpc) is 3.23. The van der Waals surface area contributed by atoms with Gasteiger partial charge in [0.1, 0.15) is 0 Å². The molecule has 1 aromatic carbocycles. The third-order valence-electron chi connectivity index (χ3n) is 5.03. The Hall–Kier alpha value is -2.30. The summed E-state index contributed by atoms with van der Waals surface area (Å²) in [7, 11) is 0. The van der Waals surface area contributed by atoms with Gasteiger partial charge in [0.2, 0.25) is 5.91 Å². The fourth-order valence-corrected chi connectivity index (χ4v) is 3.58. The molecule has 0 atom stereocenters. The van der Waals surface area contributed by atoms with Crippen LogP contribution >= 0.6 is 0 Å². The number of benzene rings is 1. The van der Waals surface area contributed by atoms with Gasteiger partial charge in [0, 0.05) is 39.1 Å². The lowest BCUT2D eigenvalue weighted by Gasteiger charge is -2.30. The molecule has 0 spiro atoms. The second-order valence-electron chi connectivity index (χ2n) is 6.86. The van der Waals surface area contributed by atoms with Crippen molar-refractivity contribution in [1.29, 1.82) is 0 Å². The number of hydrogen-bond donors (Lipinski definition) is 1. The highest BCUT2D eigenvalue weighted by molar-refractivity contribution is 5.82. The van der Waals surface area contributed by atoms with E-state index in [2.05, 4.69) is 53.5 Å². The average molecular weight is 354 g/mol. The van der Waals surface area contributed by atoms with Gasteiger partial charge in [-0.2, -0.15) is 0 Å². The first-order valence-electron chi connectivity index (χ1n) is 9.83. The Labute approximate surface area is 156 Å². The number of likely N-dealkylation sites (tertiary alicyclic amines) is 1.